The lowest BCUT2D eigenvalue weighted by atomic mass is 9.90. The molecule has 0 spiro atoms. The van der Waals surface area contributed by atoms with Gasteiger partial charge in [-0.05, 0) is 66.2 Å². The fraction of sp³-hybridized carbons (Fsp3) is 0.231. The third kappa shape index (κ3) is 4.08. The molecule has 0 unspecified atom stereocenters. The number of nitrogens with zero attached hydrogens (tertiary/aromatic N) is 3. The molecule has 0 radical (unpaired) electrons. The number of amides is 2. The van der Waals surface area contributed by atoms with Crippen molar-refractivity contribution in [2.75, 3.05) is 29.0 Å². The molecule has 3 aromatic carbocycles. The Morgan fingerprint density at radius 2 is 1.42 bits per heavy atom. The summed E-state index contributed by atoms with van der Waals surface area (Å²) in [5.41, 5.74) is 1.41. The zero-order chi connectivity index (χ0) is 25.8. The van der Waals surface area contributed by atoms with Gasteiger partial charge in [0.15, 0.2) is 6.10 Å². The van der Waals surface area contributed by atoms with Gasteiger partial charge in [-0.3, -0.25) is 14.4 Å². The van der Waals surface area contributed by atoms with Crippen LogP contribution in [0.5, 0.6) is 0 Å². The minimum Gasteiger partial charge on any atom is -0.378 e. The summed E-state index contributed by atoms with van der Waals surface area (Å²) in [4.78, 5) is 36.0. The van der Waals surface area contributed by atoms with Crippen LogP contribution in [-0.2, 0) is 20.6 Å². The SMILES string of the molecule is CN(C)c1ccc(N2C(=O)[C@@H]3[C@@H](c4ccc(C(F)(F)F)cc4)N(c4ccc(Cl)cc4)O[C@H]3C2=O)cc1. The molecular formula is C26H21ClF3N3O3. The molecule has 3 aromatic rings. The van der Waals surface area contributed by atoms with Crippen molar-refractivity contribution in [3.63, 3.8) is 0 Å². The summed E-state index contributed by atoms with van der Waals surface area (Å²) in [6, 6.07) is 17.2. The van der Waals surface area contributed by atoms with E-state index in [4.69, 9.17) is 16.4 Å². The van der Waals surface area contributed by atoms with Crippen molar-refractivity contribution in [2.24, 2.45) is 5.92 Å². The molecule has 2 amide bonds. The molecule has 3 atom stereocenters. The molecule has 0 N–H and O–H groups in total. The van der Waals surface area contributed by atoms with Crippen LogP contribution in [0, 0.1) is 5.92 Å². The maximum atomic E-state index is 13.6. The lowest BCUT2D eigenvalue weighted by molar-refractivity contribution is -0.137. The number of halogens is 4. The fourth-order valence-electron chi connectivity index (χ4n) is 4.59. The lowest BCUT2D eigenvalue weighted by Crippen LogP contribution is -2.37. The highest BCUT2D eigenvalue weighted by atomic mass is 35.5. The number of carbonyl (C=O) groups is 2. The minimum absolute atomic E-state index is 0.401. The highest BCUT2D eigenvalue weighted by Gasteiger charge is 2.60. The van der Waals surface area contributed by atoms with Gasteiger partial charge >= 0.3 is 6.18 Å². The molecule has 0 saturated carbocycles. The van der Waals surface area contributed by atoms with Gasteiger partial charge in [-0.2, -0.15) is 13.2 Å². The topological polar surface area (TPSA) is 53.1 Å². The van der Waals surface area contributed by atoms with E-state index in [2.05, 4.69) is 0 Å². The average molecular weight is 516 g/mol. The molecule has 186 valence electrons. The van der Waals surface area contributed by atoms with Crippen molar-refractivity contribution in [1.29, 1.82) is 0 Å². The molecular weight excluding hydrogens is 495 g/mol. The number of benzene rings is 3. The zero-order valence-corrected chi connectivity index (χ0v) is 20.0. The Kier molecular flexibility index (Phi) is 5.92. The third-order valence-electron chi connectivity index (χ3n) is 6.40. The number of anilines is 3. The van der Waals surface area contributed by atoms with Gasteiger partial charge in [-0.15, -0.1) is 0 Å². The maximum Gasteiger partial charge on any atom is 0.416 e. The third-order valence-corrected chi connectivity index (χ3v) is 6.65. The van der Waals surface area contributed by atoms with Crippen LogP contribution in [0.3, 0.4) is 0 Å². The Labute approximate surface area is 210 Å². The van der Waals surface area contributed by atoms with Gasteiger partial charge in [0.1, 0.15) is 5.92 Å². The van der Waals surface area contributed by atoms with Gasteiger partial charge in [0, 0.05) is 24.8 Å². The van der Waals surface area contributed by atoms with Gasteiger partial charge in [-0.1, -0.05) is 23.7 Å². The Morgan fingerprint density at radius 1 is 0.833 bits per heavy atom. The second-order valence-corrected chi connectivity index (χ2v) is 9.28. The van der Waals surface area contributed by atoms with Crippen LogP contribution >= 0.6 is 11.6 Å². The van der Waals surface area contributed by atoms with Crippen LogP contribution in [0.15, 0.2) is 72.8 Å². The van der Waals surface area contributed by atoms with Crippen LogP contribution in [-0.4, -0.2) is 32.0 Å². The largest absolute Gasteiger partial charge is 0.416 e. The number of carbonyl (C=O) groups excluding carboxylic acids is 2. The molecule has 5 rings (SSSR count). The van der Waals surface area contributed by atoms with Gasteiger partial charge in [0.05, 0.1) is 23.0 Å². The van der Waals surface area contributed by atoms with Gasteiger partial charge in [0.25, 0.3) is 5.91 Å². The standard InChI is InChI=1S/C26H21ClF3N3O3/c1-31(2)18-11-13-19(14-12-18)32-24(34)21-22(15-3-5-16(6-4-15)26(28,29)30)33(36-23(21)25(32)35)20-9-7-17(27)8-10-20/h3-14,21-23H,1-2H3/t21-,22-,23-/m1/s1. The normalized spacial score (nSPS) is 21.8. The van der Waals surface area contributed by atoms with E-state index in [0.29, 0.717) is 22.0 Å². The van der Waals surface area contributed by atoms with Crippen LogP contribution in [0.1, 0.15) is 17.2 Å². The van der Waals surface area contributed by atoms with E-state index in [1.165, 1.54) is 17.2 Å². The molecule has 6 nitrogen and oxygen atoms in total. The predicted molar refractivity (Wildman–Crippen MR) is 130 cm³/mol. The highest BCUT2D eigenvalue weighted by Crippen LogP contribution is 2.48. The molecule has 0 aromatic heterocycles. The van der Waals surface area contributed by atoms with Gasteiger partial charge < -0.3 is 4.90 Å². The number of alkyl halides is 3. The quantitative estimate of drug-likeness (QED) is 0.431. The maximum absolute atomic E-state index is 13.6. The second kappa shape index (κ2) is 8.83. The zero-order valence-electron chi connectivity index (χ0n) is 19.2. The number of fused-ring (bicyclic) bond motifs is 1. The predicted octanol–water partition coefficient (Wildman–Crippen LogP) is 5.48. The first-order valence-corrected chi connectivity index (χ1v) is 11.5. The van der Waals surface area contributed by atoms with Crippen molar-refractivity contribution in [3.8, 4) is 0 Å². The molecule has 36 heavy (non-hydrogen) atoms. The number of hydrogen-bond donors (Lipinski definition) is 0. The molecule has 0 bridgehead atoms. The van der Waals surface area contributed by atoms with Crippen LogP contribution in [0.4, 0.5) is 30.2 Å². The molecule has 2 heterocycles. The van der Waals surface area contributed by atoms with E-state index in [9.17, 15) is 22.8 Å². The van der Waals surface area contributed by atoms with E-state index in [0.717, 1.165) is 22.7 Å². The van der Waals surface area contributed by atoms with Gasteiger partial charge in [0.2, 0.25) is 5.91 Å². The summed E-state index contributed by atoms with van der Waals surface area (Å²) in [6.45, 7) is 0. The fourth-order valence-corrected chi connectivity index (χ4v) is 4.71. The average Bonchev–Trinajstić information content (AvgIpc) is 3.35. The lowest BCUT2D eigenvalue weighted by Gasteiger charge is -2.29. The summed E-state index contributed by atoms with van der Waals surface area (Å²) < 4.78 is 39.5. The van der Waals surface area contributed by atoms with E-state index >= 15 is 0 Å². The molecule has 2 aliphatic rings. The monoisotopic (exact) mass is 515 g/mol. The van der Waals surface area contributed by atoms with Crippen molar-refractivity contribution in [3.05, 3.63) is 88.9 Å². The first-order chi connectivity index (χ1) is 17.1. The van der Waals surface area contributed by atoms with Crippen molar-refractivity contribution >= 4 is 40.5 Å². The van der Waals surface area contributed by atoms with Gasteiger partial charge in [-0.25, -0.2) is 9.96 Å². The van der Waals surface area contributed by atoms with Crippen LogP contribution < -0.4 is 14.9 Å². The summed E-state index contributed by atoms with van der Waals surface area (Å²) in [6.07, 6.45) is -5.63. The number of hydroxylamine groups is 1. The summed E-state index contributed by atoms with van der Waals surface area (Å²) >= 11 is 6.01. The first kappa shape index (κ1) is 24.1. The first-order valence-electron chi connectivity index (χ1n) is 11.1. The minimum atomic E-state index is -4.50. The summed E-state index contributed by atoms with van der Waals surface area (Å²) in [5, 5.41) is 1.89. The summed E-state index contributed by atoms with van der Waals surface area (Å²) in [7, 11) is 3.75. The smallest absolute Gasteiger partial charge is 0.378 e. The Bertz CT molecular complexity index is 1300. The van der Waals surface area contributed by atoms with E-state index in [1.54, 1.807) is 48.5 Å². The van der Waals surface area contributed by atoms with E-state index < -0.39 is 41.6 Å². The van der Waals surface area contributed by atoms with E-state index in [-0.39, 0.29) is 0 Å². The Hall–Kier alpha value is -3.56. The number of rotatable bonds is 4. The molecule has 10 heteroatoms. The molecule has 0 aliphatic carbocycles. The Morgan fingerprint density at radius 3 is 1.97 bits per heavy atom. The summed E-state index contributed by atoms with van der Waals surface area (Å²) in [5.74, 6) is -1.97. The van der Waals surface area contributed by atoms with E-state index in [1.807, 2.05) is 19.0 Å². The molecule has 2 aliphatic heterocycles. The Balaban J connectivity index is 1.54. The van der Waals surface area contributed by atoms with Crippen LogP contribution in [0.25, 0.3) is 0 Å². The second-order valence-electron chi connectivity index (χ2n) is 8.84. The van der Waals surface area contributed by atoms with Crippen LogP contribution in [0.2, 0.25) is 5.02 Å². The highest BCUT2D eigenvalue weighted by molar-refractivity contribution is 6.30. The van der Waals surface area contributed by atoms with Crippen molar-refractivity contribution in [2.45, 2.75) is 18.3 Å². The molecule has 2 fully saturated rings. The van der Waals surface area contributed by atoms with Crippen molar-refractivity contribution < 1.29 is 27.6 Å². The number of imide groups is 1. The number of hydrogen-bond acceptors (Lipinski definition) is 5. The van der Waals surface area contributed by atoms with Crippen molar-refractivity contribution in [1.82, 2.24) is 0 Å². The molecule has 2 saturated heterocycles.